The molecule has 0 unspecified atom stereocenters. The van der Waals surface area contributed by atoms with E-state index in [4.69, 9.17) is 4.74 Å². The molecule has 0 radical (unpaired) electrons. The highest BCUT2D eigenvalue weighted by Crippen LogP contribution is 2.52. The van der Waals surface area contributed by atoms with E-state index in [1.54, 1.807) is 23.9 Å². The Bertz CT molecular complexity index is 946. The van der Waals surface area contributed by atoms with Gasteiger partial charge in [0, 0.05) is 29.9 Å². The SMILES string of the molecule is COc1ccc(-c2cc3c4c(c2)[C@H]2CNCC[C@H]2N4CCCS3)c(C(F)(F)F)c1. The van der Waals surface area contributed by atoms with E-state index in [1.807, 2.05) is 12.1 Å². The van der Waals surface area contributed by atoms with E-state index in [2.05, 4.69) is 10.2 Å². The first kappa shape index (κ1) is 19.1. The lowest BCUT2D eigenvalue weighted by Crippen LogP contribution is -2.44. The molecule has 3 heterocycles. The Morgan fingerprint density at radius 2 is 2.07 bits per heavy atom. The largest absolute Gasteiger partial charge is 0.497 e. The number of methoxy groups -OCH3 is 1. The van der Waals surface area contributed by atoms with Gasteiger partial charge in [-0.1, -0.05) is 6.07 Å². The number of hydrogen-bond acceptors (Lipinski definition) is 4. The Morgan fingerprint density at radius 3 is 2.86 bits per heavy atom. The van der Waals surface area contributed by atoms with Crippen LogP contribution in [0.3, 0.4) is 0 Å². The molecular weight excluding hydrogens is 397 g/mol. The Kier molecular flexibility index (Phi) is 4.70. The van der Waals surface area contributed by atoms with E-state index >= 15 is 0 Å². The maximum atomic E-state index is 13.8. The molecule has 5 rings (SSSR count). The maximum absolute atomic E-state index is 13.8. The molecule has 3 aliphatic rings. The zero-order valence-electron chi connectivity index (χ0n) is 16.2. The Hall–Kier alpha value is -1.86. The average molecular weight is 421 g/mol. The predicted octanol–water partition coefficient (Wildman–Crippen LogP) is 5.14. The number of nitrogens with one attached hydrogen (secondary N) is 1. The molecule has 3 nitrogen and oxygen atoms in total. The van der Waals surface area contributed by atoms with Crippen molar-refractivity contribution in [2.75, 3.05) is 37.4 Å². The molecule has 29 heavy (non-hydrogen) atoms. The summed E-state index contributed by atoms with van der Waals surface area (Å²) in [4.78, 5) is 3.65. The third-order valence-corrected chi connectivity index (χ3v) is 7.40. The fourth-order valence-electron chi connectivity index (χ4n) is 5.02. The van der Waals surface area contributed by atoms with Gasteiger partial charge in [-0.05, 0) is 66.1 Å². The molecule has 2 atom stereocenters. The van der Waals surface area contributed by atoms with Crippen LogP contribution in [0.15, 0.2) is 35.2 Å². The Labute approximate surface area is 172 Å². The first-order valence-electron chi connectivity index (χ1n) is 10.0. The first-order chi connectivity index (χ1) is 14.0. The highest BCUT2D eigenvalue weighted by atomic mass is 32.2. The molecule has 0 aromatic heterocycles. The van der Waals surface area contributed by atoms with Crippen molar-refractivity contribution in [2.24, 2.45) is 0 Å². The second-order valence-corrected chi connectivity index (χ2v) is 9.02. The quantitative estimate of drug-likeness (QED) is 0.727. The lowest BCUT2D eigenvalue weighted by atomic mass is 9.88. The summed E-state index contributed by atoms with van der Waals surface area (Å²) in [5, 5.41) is 3.48. The van der Waals surface area contributed by atoms with E-state index in [0.29, 0.717) is 17.5 Å². The van der Waals surface area contributed by atoms with E-state index in [0.717, 1.165) is 49.2 Å². The summed E-state index contributed by atoms with van der Waals surface area (Å²) in [6.07, 6.45) is -2.26. The van der Waals surface area contributed by atoms with Gasteiger partial charge in [0.05, 0.1) is 18.4 Å². The zero-order chi connectivity index (χ0) is 20.2. The minimum atomic E-state index is -4.44. The number of ether oxygens (including phenoxy) is 1. The van der Waals surface area contributed by atoms with Crippen LogP contribution in [-0.2, 0) is 6.18 Å². The predicted molar refractivity (Wildman–Crippen MR) is 110 cm³/mol. The van der Waals surface area contributed by atoms with Crippen molar-refractivity contribution in [1.82, 2.24) is 5.32 Å². The topological polar surface area (TPSA) is 24.5 Å². The standard InChI is InChI=1S/C22H23F3N2OS/c1-28-14-3-4-15(18(11-14)22(23,24)25)13-9-16-17-12-26-6-5-19(17)27-7-2-8-29-20(10-13)21(16)27/h3-4,9-11,17,19,26H,2,5-8,12H2,1H3/t17-,19-/m1/s1. The van der Waals surface area contributed by atoms with E-state index in [1.165, 1.54) is 18.4 Å². The van der Waals surface area contributed by atoms with Crippen LogP contribution < -0.4 is 15.0 Å². The van der Waals surface area contributed by atoms with Crippen LogP contribution in [-0.4, -0.2) is 38.5 Å². The second-order valence-electron chi connectivity index (χ2n) is 7.88. The molecule has 7 heteroatoms. The molecule has 3 aliphatic heterocycles. The third-order valence-electron chi connectivity index (χ3n) is 6.28. The first-order valence-corrected chi connectivity index (χ1v) is 11.0. The molecule has 1 saturated heterocycles. The van der Waals surface area contributed by atoms with Crippen LogP contribution in [0.2, 0.25) is 0 Å². The van der Waals surface area contributed by atoms with Crippen molar-refractivity contribution in [3.63, 3.8) is 0 Å². The molecule has 0 aliphatic carbocycles. The minimum Gasteiger partial charge on any atom is -0.497 e. The van der Waals surface area contributed by atoms with Crippen LogP contribution in [0.1, 0.15) is 29.9 Å². The third kappa shape index (κ3) is 3.19. The van der Waals surface area contributed by atoms with E-state index in [9.17, 15) is 13.2 Å². The summed E-state index contributed by atoms with van der Waals surface area (Å²) in [6.45, 7) is 2.91. The summed E-state index contributed by atoms with van der Waals surface area (Å²) >= 11 is 1.77. The Balaban J connectivity index is 1.69. The van der Waals surface area contributed by atoms with Gasteiger partial charge < -0.3 is 15.0 Å². The maximum Gasteiger partial charge on any atom is 0.417 e. The number of rotatable bonds is 2. The fraction of sp³-hybridized carbons (Fsp3) is 0.455. The average Bonchev–Trinajstić information content (AvgIpc) is 2.88. The molecule has 0 amide bonds. The van der Waals surface area contributed by atoms with Crippen molar-refractivity contribution in [1.29, 1.82) is 0 Å². The number of benzene rings is 2. The fourth-order valence-corrected chi connectivity index (χ4v) is 6.09. The Morgan fingerprint density at radius 1 is 1.21 bits per heavy atom. The van der Waals surface area contributed by atoms with Crippen LogP contribution >= 0.6 is 11.8 Å². The number of anilines is 1. The number of hydrogen-bond donors (Lipinski definition) is 1. The molecular formula is C22H23F3N2OS. The van der Waals surface area contributed by atoms with Gasteiger partial charge in [-0.25, -0.2) is 0 Å². The van der Waals surface area contributed by atoms with Crippen molar-refractivity contribution in [2.45, 2.75) is 35.9 Å². The summed E-state index contributed by atoms with van der Waals surface area (Å²) in [5.41, 5.74) is 2.69. The van der Waals surface area contributed by atoms with Gasteiger partial charge in [0.15, 0.2) is 0 Å². The van der Waals surface area contributed by atoms with Gasteiger partial charge in [0.1, 0.15) is 5.75 Å². The van der Waals surface area contributed by atoms with Gasteiger partial charge in [-0.3, -0.25) is 0 Å². The van der Waals surface area contributed by atoms with Gasteiger partial charge in [0.25, 0.3) is 0 Å². The molecule has 0 saturated carbocycles. The van der Waals surface area contributed by atoms with E-state index in [-0.39, 0.29) is 11.3 Å². The summed E-state index contributed by atoms with van der Waals surface area (Å²) in [6, 6.07) is 8.68. The van der Waals surface area contributed by atoms with E-state index < -0.39 is 11.7 Å². The molecule has 0 spiro atoms. The highest BCUT2D eigenvalue weighted by molar-refractivity contribution is 7.99. The molecule has 0 bridgehead atoms. The zero-order valence-corrected chi connectivity index (χ0v) is 17.0. The smallest absolute Gasteiger partial charge is 0.417 e. The number of alkyl halides is 3. The molecule has 154 valence electrons. The highest BCUT2D eigenvalue weighted by Gasteiger charge is 2.42. The van der Waals surface area contributed by atoms with Gasteiger partial charge >= 0.3 is 6.18 Å². The van der Waals surface area contributed by atoms with Gasteiger partial charge in [0.2, 0.25) is 0 Å². The number of thioether (sulfide) groups is 1. The second kappa shape index (κ2) is 7.13. The molecule has 1 fully saturated rings. The van der Waals surface area contributed by atoms with Crippen molar-refractivity contribution >= 4 is 17.4 Å². The monoisotopic (exact) mass is 420 g/mol. The van der Waals surface area contributed by atoms with Crippen molar-refractivity contribution in [3.05, 3.63) is 41.5 Å². The minimum absolute atomic E-state index is 0.220. The number of piperidine rings is 1. The lowest BCUT2D eigenvalue weighted by Gasteiger charge is -2.33. The van der Waals surface area contributed by atoms with Crippen LogP contribution in [0.25, 0.3) is 11.1 Å². The lowest BCUT2D eigenvalue weighted by molar-refractivity contribution is -0.137. The molecule has 2 aromatic carbocycles. The van der Waals surface area contributed by atoms with Crippen molar-refractivity contribution in [3.8, 4) is 16.9 Å². The summed E-state index contributed by atoms with van der Waals surface area (Å²) in [7, 11) is 1.39. The number of halogens is 3. The molecule has 2 aromatic rings. The van der Waals surface area contributed by atoms with Crippen LogP contribution in [0.5, 0.6) is 5.75 Å². The van der Waals surface area contributed by atoms with Crippen LogP contribution in [0, 0.1) is 0 Å². The number of nitrogens with zero attached hydrogens (tertiary/aromatic N) is 1. The number of fused-ring (bicyclic) bond motifs is 3. The molecule has 1 N–H and O–H groups in total. The normalized spacial score (nSPS) is 23.4. The summed E-state index contributed by atoms with van der Waals surface area (Å²) in [5.74, 6) is 1.55. The van der Waals surface area contributed by atoms with Crippen LogP contribution in [0.4, 0.5) is 18.9 Å². The van der Waals surface area contributed by atoms with Crippen molar-refractivity contribution < 1.29 is 17.9 Å². The van der Waals surface area contributed by atoms with Gasteiger partial charge in [-0.2, -0.15) is 13.2 Å². The van der Waals surface area contributed by atoms with Gasteiger partial charge in [-0.15, -0.1) is 11.8 Å². The summed E-state index contributed by atoms with van der Waals surface area (Å²) < 4.78 is 46.6.